The molecule has 138 valence electrons. The number of hydrogen-bond donors (Lipinski definition) is 2. The molecule has 1 aromatic heterocycles. The summed E-state index contributed by atoms with van der Waals surface area (Å²) in [5.41, 5.74) is 0.550. The highest BCUT2D eigenvalue weighted by atomic mass is 127. The molecule has 0 aliphatic rings. The third kappa shape index (κ3) is 7.02. The number of ether oxygens (including phenoxy) is 2. The first kappa shape index (κ1) is 21.4. The van der Waals surface area contributed by atoms with Gasteiger partial charge in [0, 0.05) is 24.0 Å². The molecule has 0 amide bonds. The van der Waals surface area contributed by atoms with Gasteiger partial charge in [-0.25, -0.2) is 0 Å². The molecule has 0 aliphatic carbocycles. The highest BCUT2D eigenvalue weighted by molar-refractivity contribution is 14.0. The van der Waals surface area contributed by atoms with Crippen LogP contribution in [0.3, 0.4) is 0 Å². The van der Waals surface area contributed by atoms with Crippen molar-refractivity contribution in [3.05, 3.63) is 46.2 Å². The summed E-state index contributed by atoms with van der Waals surface area (Å²) < 4.78 is 34.7. The van der Waals surface area contributed by atoms with Gasteiger partial charge in [-0.1, -0.05) is 6.07 Å². The molecule has 5 nitrogen and oxygen atoms in total. The Labute approximate surface area is 166 Å². The number of methoxy groups -OCH3 is 1. The summed E-state index contributed by atoms with van der Waals surface area (Å²) in [4.78, 5) is 5.28. The Bertz CT molecular complexity index is 669. The number of aliphatic imine (C=N–C) groups is 1. The number of rotatable bonds is 7. The van der Waals surface area contributed by atoms with Crippen LogP contribution in [0.4, 0.5) is 8.78 Å². The molecule has 0 bridgehead atoms. The molecule has 2 rings (SSSR count). The van der Waals surface area contributed by atoms with E-state index in [-0.39, 0.29) is 36.3 Å². The van der Waals surface area contributed by atoms with Gasteiger partial charge in [0.2, 0.25) is 0 Å². The maximum absolute atomic E-state index is 12.5. The minimum absolute atomic E-state index is 0. The fourth-order valence-electron chi connectivity index (χ4n) is 2.02. The van der Waals surface area contributed by atoms with Crippen molar-refractivity contribution < 1.29 is 18.3 Å². The Morgan fingerprint density at radius 1 is 1.24 bits per heavy atom. The lowest BCUT2D eigenvalue weighted by atomic mass is 10.2. The fourth-order valence-corrected chi connectivity index (χ4v) is 2.66. The first-order valence-corrected chi connectivity index (χ1v) is 8.09. The summed E-state index contributed by atoms with van der Waals surface area (Å²) in [6.07, 6.45) is 0. The van der Waals surface area contributed by atoms with E-state index >= 15 is 0 Å². The van der Waals surface area contributed by atoms with E-state index in [4.69, 9.17) is 4.74 Å². The van der Waals surface area contributed by atoms with Gasteiger partial charge in [-0.3, -0.25) is 4.99 Å². The number of nitrogens with zero attached hydrogens (tertiary/aromatic N) is 1. The lowest BCUT2D eigenvalue weighted by Crippen LogP contribution is -2.36. The minimum atomic E-state index is -2.88. The van der Waals surface area contributed by atoms with Crippen LogP contribution in [-0.4, -0.2) is 26.7 Å². The Morgan fingerprint density at radius 3 is 2.60 bits per heavy atom. The monoisotopic (exact) mass is 483 g/mol. The predicted octanol–water partition coefficient (Wildman–Crippen LogP) is 3.84. The van der Waals surface area contributed by atoms with Crippen molar-refractivity contribution in [3.63, 3.8) is 0 Å². The molecule has 0 atom stereocenters. The average molecular weight is 483 g/mol. The zero-order valence-electron chi connectivity index (χ0n) is 13.8. The zero-order valence-corrected chi connectivity index (χ0v) is 16.9. The summed E-state index contributed by atoms with van der Waals surface area (Å²) >= 11 is 1.64. The number of nitrogens with one attached hydrogen (secondary N) is 2. The largest absolute Gasteiger partial charge is 0.497 e. The van der Waals surface area contributed by atoms with Gasteiger partial charge in [0.05, 0.1) is 13.7 Å². The number of thiophene rings is 1. The topological polar surface area (TPSA) is 54.9 Å². The lowest BCUT2D eigenvalue weighted by Gasteiger charge is -2.15. The van der Waals surface area contributed by atoms with Gasteiger partial charge in [0.25, 0.3) is 0 Å². The van der Waals surface area contributed by atoms with Crippen LogP contribution in [0, 0.1) is 0 Å². The van der Waals surface area contributed by atoms with Crippen molar-refractivity contribution in [2.75, 3.05) is 14.2 Å². The molecular formula is C16H20F2IN3O2S. The van der Waals surface area contributed by atoms with E-state index in [2.05, 4.69) is 20.4 Å². The Kier molecular flexibility index (Phi) is 9.50. The summed E-state index contributed by atoms with van der Waals surface area (Å²) in [6, 6.07) is 8.68. The van der Waals surface area contributed by atoms with Gasteiger partial charge in [0.15, 0.2) is 5.96 Å². The lowest BCUT2D eigenvalue weighted by molar-refractivity contribution is -0.0504. The second-order valence-electron chi connectivity index (χ2n) is 4.71. The molecule has 25 heavy (non-hydrogen) atoms. The molecule has 0 aliphatic heterocycles. The molecule has 0 fully saturated rings. The van der Waals surface area contributed by atoms with E-state index in [9.17, 15) is 8.78 Å². The van der Waals surface area contributed by atoms with E-state index in [1.165, 1.54) is 18.1 Å². The second-order valence-corrected chi connectivity index (χ2v) is 5.74. The fraction of sp³-hybridized carbons (Fsp3) is 0.312. The number of benzene rings is 1. The molecule has 1 heterocycles. The number of hydrogen-bond acceptors (Lipinski definition) is 4. The molecule has 2 N–H and O–H groups in total. The van der Waals surface area contributed by atoms with Crippen LogP contribution in [0.1, 0.15) is 10.4 Å². The van der Waals surface area contributed by atoms with E-state index in [0.29, 0.717) is 23.8 Å². The maximum atomic E-state index is 12.5. The van der Waals surface area contributed by atoms with Crippen LogP contribution in [0.15, 0.2) is 40.7 Å². The molecule has 1 aromatic carbocycles. The van der Waals surface area contributed by atoms with Crippen LogP contribution in [0.25, 0.3) is 0 Å². The van der Waals surface area contributed by atoms with E-state index in [1.54, 1.807) is 30.5 Å². The second kappa shape index (κ2) is 11.1. The molecular weight excluding hydrogens is 463 g/mol. The highest BCUT2D eigenvalue weighted by Gasteiger charge is 2.11. The Morgan fingerprint density at radius 2 is 2.00 bits per heavy atom. The van der Waals surface area contributed by atoms with Gasteiger partial charge >= 0.3 is 6.61 Å². The van der Waals surface area contributed by atoms with Gasteiger partial charge in [-0.05, 0) is 29.6 Å². The third-order valence-electron chi connectivity index (χ3n) is 3.16. The summed E-state index contributed by atoms with van der Waals surface area (Å²) in [5.74, 6) is 1.23. The van der Waals surface area contributed by atoms with E-state index in [1.807, 2.05) is 17.5 Å². The first-order chi connectivity index (χ1) is 11.6. The SMILES string of the molecule is CN=C(NCc1cccs1)NCc1cc(OC)ccc1OC(F)F.I. The van der Waals surface area contributed by atoms with Crippen molar-refractivity contribution >= 4 is 41.3 Å². The summed E-state index contributed by atoms with van der Waals surface area (Å²) in [6.45, 7) is -1.98. The van der Waals surface area contributed by atoms with E-state index in [0.717, 1.165) is 0 Å². The zero-order chi connectivity index (χ0) is 17.4. The van der Waals surface area contributed by atoms with Gasteiger partial charge in [-0.15, -0.1) is 35.3 Å². The first-order valence-electron chi connectivity index (χ1n) is 7.21. The molecule has 2 aromatic rings. The van der Waals surface area contributed by atoms with Crippen LogP contribution in [0.2, 0.25) is 0 Å². The van der Waals surface area contributed by atoms with Crippen molar-refractivity contribution in [2.45, 2.75) is 19.7 Å². The van der Waals surface area contributed by atoms with Crippen LogP contribution in [0.5, 0.6) is 11.5 Å². The summed E-state index contributed by atoms with van der Waals surface area (Å²) in [7, 11) is 3.16. The van der Waals surface area contributed by atoms with Crippen LogP contribution >= 0.6 is 35.3 Å². The average Bonchev–Trinajstić information content (AvgIpc) is 3.09. The molecule has 0 saturated carbocycles. The predicted molar refractivity (Wildman–Crippen MR) is 106 cm³/mol. The van der Waals surface area contributed by atoms with Crippen molar-refractivity contribution in [2.24, 2.45) is 4.99 Å². The molecule has 0 unspecified atom stereocenters. The summed E-state index contributed by atoms with van der Waals surface area (Å²) in [5, 5.41) is 8.23. The normalized spacial score (nSPS) is 11.0. The molecule has 0 saturated heterocycles. The molecule has 9 heteroatoms. The van der Waals surface area contributed by atoms with Gasteiger partial charge in [0.1, 0.15) is 11.5 Å². The van der Waals surface area contributed by atoms with Crippen molar-refractivity contribution in [1.29, 1.82) is 0 Å². The van der Waals surface area contributed by atoms with Gasteiger partial charge in [-0.2, -0.15) is 8.78 Å². The quantitative estimate of drug-likeness (QED) is 0.357. The smallest absolute Gasteiger partial charge is 0.387 e. The van der Waals surface area contributed by atoms with Crippen LogP contribution in [-0.2, 0) is 13.1 Å². The van der Waals surface area contributed by atoms with Crippen molar-refractivity contribution in [1.82, 2.24) is 10.6 Å². The standard InChI is InChI=1S/C16H19F2N3O2S.HI/c1-19-16(21-10-13-4-3-7-24-13)20-9-11-8-12(22-2)5-6-14(11)23-15(17)18;/h3-8,15H,9-10H2,1-2H3,(H2,19,20,21);1H. The third-order valence-corrected chi connectivity index (χ3v) is 4.04. The highest BCUT2D eigenvalue weighted by Crippen LogP contribution is 2.25. The molecule has 0 spiro atoms. The van der Waals surface area contributed by atoms with E-state index < -0.39 is 6.61 Å². The van der Waals surface area contributed by atoms with Gasteiger partial charge < -0.3 is 20.1 Å². The molecule has 0 radical (unpaired) electrons. The van der Waals surface area contributed by atoms with Crippen molar-refractivity contribution in [3.8, 4) is 11.5 Å². The number of halogens is 3. The van der Waals surface area contributed by atoms with Crippen LogP contribution < -0.4 is 20.1 Å². The Balaban J connectivity index is 0.00000312. The maximum Gasteiger partial charge on any atom is 0.387 e. The Hall–Kier alpha value is -1.62. The number of alkyl halides is 2. The number of guanidine groups is 1. The minimum Gasteiger partial charge on any atom is -0.497 e.